The van der Waals surface area contributed by atoms with E-state index < -0.39 is 38.7 Å². The molecule has 0 N–H and O–H groups in total. The second-order valence-corrected chi connectivity index (χ2v) is 8.01. The van der Waals surface area contributed by atoms with Crippen LogP contribution in [-0.4, -0.2) is 32.4 Å². The largest absolute Gasteiger partial charge is 0.417 e. The van der Waals surface area contributed by atoms with Gasteiger partial charge < -0.3 is 4.74 Å². The highest BCUT2D eigenvalue weighted by Crippen LogP contribution is 2.46. The van der Waals surface area contributed by atoms with Crippen LogP contribution in [0, 0.1) is 17.2 Å². The third-order valence-corrected chi connectivity index (χ3v) is 7.00. The first-order chi connectivity index (χ1) is 11.2. The molecule has 3 aliphatic heterocycles. The van der Waals surface area contributed by atoms with Crippen LogP contribution in [0.1, 0.15) is 11.1 Å². The number of benzene rings is 1. The van der Waals surface area contributed by atoms with Gasteiger partial charge in [0.1, 0.15) is 5.25 Å². The standard InChI is InChI=1S/C15H11F3N2O3S/c16-15(17,18)11-5-9(2-1-8(11)6-19)20-7-10-12-3-4-13(23-12)14(10)24(20,21)22/h1-5,10,12-14H,7H2/t10?,12-,13+,14?/m0/s1. The molecule has 5 nitrogen and oxygen atoms in total. The van der Waals surface area contributed by atoms with Crippen molar-refractivity contribution in [1.29, 1.82) is 5.26 Å². The zero-order valence-electron chi connectivity index (χ0n) is 12.1. The maximum Gasteiger partial charge on any atom is 0.417 e. The first kappa shape index (κ1) is 15.5. The Morgan fingerprint density at radius 3 is 2.58 bits per heavy atom. The first-order valence-electron chi connectivity index (χ1n) is 7.20. The molecule has 126 valence electrons. The van der Waals surface area contributed by atoms with Crippen LogP contribution in [0.4, 0.5) is 18.9 Å². The van der Waals surface area contributed by atoms with Crippen LogP contribution < -0.4 is 4.31 Å². The summed E-state index contributed by atoms with van der Waals surface area (Å²) in [7, 11) is -3.82. The molecular weight excluding hydrogens is 345 g/mol. The number of nitrogens with zero attached hydrogens (tertiary/aromatic N) is 2. The van der Waals surface area contributed by atoms with Crippen molar-refractivity contribution in [2.24, 2.45) is 5.92 Å². The van der Waals surface area contributed by atoms with Crippen molar-refractivity contribution in [3.05, 3.63) is 41.5 Å². The monoisotopic (exact) mass is 356 g/mol. The second-order valence-electron chi connectivity index (χ2n) is 5.99. The zero-order valence-corrected chi connectivity index (χ0v) is 12.9. The van der Waals surface area contributed by atoms with Crippen molar-refractivity contribution in [1.82, 2.24) is 0 Å². The Morgan fingerprint density at radius 1 is 1.25 bits per heavy atom. The van der Waals surface area contributed by atoms with Crippen molar-refractivity contribution in [3.63, 3.8) is 0 Å². The highest BCUT2D eigenvalue weighted by atomic mass is 32.2. The van der Waals surface area contributed by atoms with Gasteiger partial charge in [0.15, 0.2) is 0 Å². The third-order valence-electron chi connectivity index (χ3n) is 4.72. The number of anilines is 1. The molecule has 0 saturated carbocycles. The van der Waals surface area contributed by atoms with Gasteiger partial charge in [0.2, 0.25) is 10.0 Å². The molecule has 4 atom stereocenters. The number of halogens is 3. The molecule has 4 rings (SSSR count). The summed E-state index contributed by atoms with van der Waals surface area (Å²) in [6, 6.07) is 4.46. The van der Waals surface area contributed by atoms with E-state index in [1.54, 1.807) is 12.2 Å². The summed E-state index contributed by atoms with van der Waals surface area (Å²) in [4.78, 5) is 0. The summed E-state index contributed by atoms with van der Waals surface area (Å²) in [6.07, 6.45) is -2.11. The normalized spacial score (nSPS) is 32.8. The van der Waals surface area contributed by atoms with E-state index in [4.69, 9.17) is 10.00 Å². The van der Waals surface area contributed by atoms with Crippen molar-refractivity contribution < 1.29 is 26.3 Å². The number of fused-ring (bicyclic) bond motifs is 5. The Labute approximate surface area is 136 Å². The molecule has 1 aromatic rings. The summed E-state index contributed by atoms with van der Waals surface area (Å²) in [6.45, 7) is 0.0711. The lowest BCUT2D eigenvalue weighted by molar-refractivity contribution is -0.137. The number of hydrogen-bond acceptors (Lipinski definition) is 4. The van der Waals surface area contributed by atoms with E-state index in [9.17, 15) is 21.6 Å². The molecule has 1 aromatic carbocycles. The van der Waals surface area contributed by atoms with E-state index in [1.807, 2.05) is 0 Å². The molecule has 2 bridgehead atoms. The number of rotatable bonds is 1. The molecule has 0 spiro atoms. The number of hydrogen-bond donors (Lipinski definition) is 0. The van der Waals surface area contributed by atoms with Gasteiger partial charge in [0.25, 0.3) is 0 Å². The van der Waals surface area contributed by atoms with Gasteiger partial charge in [-0.3, -0.25) is 4.31 Å². The van der Waals surface area contributed by atoms with Crippen molar-refractivity contribution in [2.45, 2.75) is 23.6 Å². The quantitative estimate of drug-likeness (QED) is 0.722. The molecular formula is C15H11F3N2O3S. The smallest absolute Gasteiger partial charge is 0.365 e. The molecule has 2 unspecified atom stereocenters. The van der Waals surface area contributed by atoms with Crippen LogP contribution >= 0.6 is 0 Å². The van der Waals surface area contributed by atoms with Gasteiger partial charge in [-0.05, 0) is 18.2 Å². The number of alkyl halides is 3. The van der Waals surface area contributed by atoms with Gasteiger partial charge in [-0.2, -0.15) is 18.4 Å². The van der Waals surface area contributed by atoms with Crippen LogP contribution in [0.2, 0.25) is 0 Å². The molecule has 0 radical (unpaired) electrons. The number of sulfonamides is 1. The molecule has 0 aliphatic carbocycles. The summed E-state index contributed by atoms with van der Waals surface area (Å²) in [5.41, 5.74) is -1.74. The van der Waals surface area contributed by atoms with Gasteiger partial charge in [0, 0.05) is 12.5 Å². The topological polar surface area (TPSA) is 70.4 Å². The molecule has 9 heteroatoms. The van der Waals surface area contributed by atoms with E-state index in [1.165, 1.54) is 12.1 Å². The van der Waals surface area contributed by atoms with E-state index in [0.717, 1.165) is 16.4 Å². The van der Waals surface area contributed by atoms with Crippen LogP contribution in [0.15, 0.2) is 30.4 Å². The van der Waals surface area contributed by atoms with Crippen molar-refractivity contribution >= 4 is 15.7 Å². The Bertz CT molecular complexity index is 888. The van der Waals surface area contributed by atoms with E-state index in [-0.39, 0.29) is 24.3 Å². The predicted octanol–water partition coefficient (Wildman–Crippen LogP) is 2.05. The minimum absolute atomic E-state index is 0.0711. The fourth-order valence-electron chi connectivity index (χ4n) is 3.66. The van der Waals surface area contributed by atoms with Gasteiger partial charge in [0.05, 0.1) is 35.1 Å². The fourth-order valence-corrected chi connectivity index (χ4v) is 5.92. The van der Waals surface area contributed by atoms with Crippen molar-refractivity contribution in [2.75, 3.05) is 10.8 Å². The lowest BCUT2D eigenvalue weighted by Crippen LogP contribution is -2.35. The summed E-state index contributed by atoms with van der Waals surface area (Å²) in [5, 5.41) is 8.08. The summed E-state index contributed by atoms with van der Waals surface area (Å²) in [5.74, 6) is -0.296. The van der Waals surface area contributed by atoms with Gasteiger partial charge >= 0.3 is 6.18 Å². The summed E-state index contributed by atoms with van der Waals surface area (Å²) < 4.78 is 71.4. The summed E-state index contributed by atoms with van der Waals surface area (Å²) >= 11 is 0. The maximum absolute atomic E-state index is 13.1. The Hall–Kier alpha value is -2.05. The van der Waals surface area contributed by atoms with Gasteiger partial charge in [-0.25, -0.2) is 8.42 Å². The first-order valence-corrected chi connectivity index (χ1v) is 8.70. The molecule has 0 aromatic heterocycles. The minimum Gasteiger partial charge on any atom is -0.365 e. The van der Waals surface area contributed by atoms with Gasteiger partial charge in [-0.1, -0.05) is 12.2 Å². The van der Waals surface area contributed by atoms with E-state index in [0.29, 0.717) is 0 Å². The van der Waals surface area contributed by atoms with Crippen LogP contribution in [-0.2, 0) is 20.9 Å². The minimum atomic E-state index is -4.73. The molecule has 2 saturated heterocycles. The zero-order chi connectivity index (χ0) is 17.3. The predicted molar refractivity (Wildman–Crippen MR) is 77.5 cm³/mol. The maximum atomic E-state index is 13.1. The van der Waals surface area contributed by atoms with Crippen LogP contribution in [0.25, 0.3) is 0 Å². The highest BCUT2D eigenvalue weighted by Gasteiger charge is 2.59. The second kappa shape index (κ2) is 4.74. The fraction of sp³-hybridized carbons (Fsp3) is 0.400. The molecule has 24 heavy (non-hydrogen) atoms. The van der Waals surface area contributed by atoms with Crippen molar-refractivity contribution in [3.8, 4) is 6.07 Å². The Balaban J connectivity index is 1.77. The number of ether oxygens (including phenoxy) is 1. The van der Waals surface area contributed by atoms with E-state index in [2.05, 4.69) is 0 Å². The third kappa shape index (κ3) is 1.99. The lowest BCUT2D eigenvalue weighted by atomic mass is 9.94. The average Bonchev–Trinajstić information content (AvgIpc) is 3.18. The SMILES string of the molecule is N#Cc1ccc(N2CC3C([C@H]4C=C[C@@H]3O4)S2(=O)=O)cc1C(F)(F)F. The lowest BCUT2D eigenvalue weighted by Gasteiger charge is -2.22. The molecule has 2 fully saturated rings. The highest BCUT2D eigenvalue weighted by molar-refractivity contribution is 7.93. The van der Waals surface area contributed by atoms with Crippen LogP contribution in [0.5, 0.6) is 0 Å². The molecule has 0 amide bonds. The Morgan fingerprint density at radius 2 is 1.96 bits per heavy atom. The molecule has 3 heterocycles. The Kier molecular flexibility index (Phi) is 3.06. The number of nitriles is 1. The van der Waals surface area contributed by atoms with Crippen LogP contribution in [0.3, 0.4) is 0 Å². The van der Waals surface area contributed by atoms with Gasteiger partial charge in [-0.15, -0.1) is 0 Å². The molecule has 3 aliphatic rings. The van der Waals surface area contributed by atoms with E-state index >= 15 is 0 Å². The average molecular weight is 356 g/mol.